The minimum atomic E-state index is -0.0275. The molecule has 3 rings (SSSR count). The molecule has 23 heavy (non-hydrogen) atoms. The summed E-state index contributed by atoms with van der Waals surface area (Å²) in [4.78, 5) is 16.0. The molecule has 0 aliphatic carbocycles. The van der Waals surface area contributed by atoms with Crippen LogP contribution in [0.3, 0.4) is 0 Å². The Kier molecular flexibility index (Phi) is 5.16. The van der Waals surface area contributed by atoms with Crippen molar-refractivity contribution in [2.75, 3.05) is 19.6 Å². The van der Waals surface area contributed by atoms with Gasteiger partial charge in [0.1, 0.15) is 0 Å². The summed E-state index contributed by atoms with van der Waals surface area (Å²) in [6.45, 7) is 5.37. The van der Waals surface area contributed by atoms with Crippen LogP contribution in [0.5, 0.6) is 0 Å². The van der Waals surface area contributed by atoms with Crippen molar-refractivity contribution in [1.29, 1.82) is 0 Å². The normalized spacial score (nSPS) is 16.9. The summed E-state index contributed by atoms with van der Waals surface area (Å²) in [6.07, 6.45) is 2.68. The molecule has 1 N–H and O–H groups in total. The molecular weight excluding hydrogens is 328 g/mol. The summed E-state index contributed by atoms with van der Waals surface area (Å²) < 4.78 is 0. The summed E-state index contributed by atoms with van der Waals surface area (Å²) in [5, 5.41) is 5.92. The first-order valence-electron chi connectivity index (χ1n) is 7.63. The lowest BCUT2D eigenvalue weighted by Gasteiger charge is -2.36. The first-order valence-corrected chi connectivity index (χ1v) is 8.89. The lowest BCUT2D eigenvalue weighted by atomic mass is 9.93. The van der Waals surface area contributed by atoms with Crippen molar-refractivity contribution in [2.24, 2.45) is 0 Å². The predicted molar refractivity (Wildman–Crippen MR) is 96.1 cm³/mol. The highest BCUT2D eigenvalue weighted by atomic mass is 35.5. The number of carbonyl (C=O) groups excluding carboxylic acids is 1. The number of fused-ring (bicyclic) bond motifs is 1. The third kappa shape index (κ3) is 3.50. The number of rotatable bonds is 5. The zero-order valence-electron chi connectivity index (χ0n) is 12.8. The highest BCUT2D eigenvalue weighted by molar-refractivity contribution is 7.10. The van der Waals surface area contributed by atoms with E-state index in [1.165, 1.54) is 10.4 Å². The van der Waals surface area contributed by atoms with E-state index >= 15 is 0 Å². The zero-order chi connectivity index (χ0) is 16.2. The maximum absolute atomic E-state index is 12.7. The van der Waals surface area contributed by atoms with Gasteiger partial charge in [-0.25, -0.2) is 0 Å². The maximum atomic E-state index is 12.7. The number of hydrogen-bond acceptors (Lipinski definition) is 3. The van der Waals surface area contributed by atoms with E-state index < -0.39 is 0 Å². The molecule has 1 aliphatic rings. The lowest BCUT2D eigenvalue weighted by Crippen LogP contribution is -2.44. The van der Waals surface area contributed by atoms with E-state index in [4.69, 9.17) is 11.6 Å². The van der Waals surface area contributed by atoms with Gasteiger partial charge in [0.25, 0.3) is 0 Å². The average molecular weight is 347 g/mol. The SMILES string of the molecule is C=CCNCC(=O)N1CCc2sccc2[C@@H]1c1ccc(Cl)cc1. The molecule has 2 heterocycles. The standard InChI is InChI=1S/C18H19ClN2OS/c1-2-9-20-12-17(22)21-10-7-16-15(8-11-23-16)18(21)13-3-5-14(19)6-4-13/h2-6,8,11,18,20H,1,7,9-10,12H2/t18-/m0/s1. The van der Waals surface area contributed by atoms with Crippen LogP contribution in [0.15, 0.2) is 48.4 Å². The van der Waals surface area contributed by atoms with E-state index in [0.29, 0.717) is 18.1 Å². The summed E-state index contributed by atoms with van der Waals surface area (Å²) in [7, 11) is 0. The molecule has 3 nitrogen and oxygen atoms in total. The minimum absolute atomic E-state index is 0.0275. The molecule has 1 aliphatic heterocycles. The van der Waals surface area contributed by atoms with Gasteiger partial charge >= 0.3 is 0 Å². The van der Waals surface area contributed by atoms with Crippen molar-refractivity contribution in [3.05, 3.63) is 69.4 Å². The summed E-state index contributed by atoms with van der Waals surface area (Å²) in [5.41, 5.74) is 2.34. The number of nitrogens with one attached hydrogen (secondary N) is 1. The van der Waals surface area contributed by atoms with E-state index in [2.05, 4.69) is 23.3 Å². The van der Waals surface area contributed by atoms with Gasteiger partial charge in [0, 0.05) is 23.0 Å². The number of hydrogen-bond donors (Lipinski definition) is 1. The summed E-state index contributed by atoms with van der Waals surface area (Å²) >= 11 is 7.78. The molecule has 0 saturated heterocycles. The molecule has 5 heteroatoms. The molecule has 0 unspecified atom stereocenters. The number of benzene rings is 1. The highest BCUT2D eigenvalue weighted by Crippen LogP contribution is 2.37. The van der Waals surface area contributed by atoms with Gasteiger partial charge < -0.3 is 10.2 Å². The Labute approximate surface area is 145 Å². The third-order valence-corrected chi connectivity index (χ3v) is 5.29. The van der Waals surface area contributed by atoms with Gasteiger partial charge in [-0.15, -0.1) is 17.9 Å². The Balaban J connectivity index is 1.90. The van der Waals surface area contributed by atoms with Gasteiger partial charge in [-0.1, -0.05) is 29.8 Å². The largest absolute Gasteiger partial charge is 0.330 e. The van der Waals surface area contributed by atoms with Crippen LogP contribution >= 0.6 is 22.9 Å². The van der Waals surface area contributed by atoms with Crippen LogP contribution in [0.4, 0.5) is 0 Å². The molecule has 0 bridgehead atoms. The second-order valence-electron chi connectivity index (χ2n) is 5.51. The minimum Gasteiger partial charge on any atom is -0.330 e. The molecule has 0 fully saturated rings. The second-order valence-corrected chi connectivity index (χ2v) is 6.95. The first-order chi connectivity index (χ1) is 11.2. The summed E-state index contributed by atoms with van der Waals surface area (Å²) in [5.74, 6) is 0.114. The van der Waals surface area contributed by atoms with E-state index in [-0.39, 0.29) is 11.9 Å². The van der Waals surface area contributed by atoms with Crippen molar-refractivity contribution in [3.8, 4) is 0 Å². The van der Waals surface area contributed by atoms with E-state index in [1.807, 2.05) is 29.2 Å². The lowest BCUT2D eigenvalue weighted by molar-refractivity contribution is -0.132. The van der Waals surface area contributed by atoms with Crippen LogP contribution in [-0.2, 0) is 11.2 Å². The van der Waals surface area contributed by atoms with Gasteiger partial charge in [-0.05, 0) is 41.1 Å². The van der Waals surface area contributed by atoms with Gasteiger partial charge in [-0.3, -0.25) is 4.79 Å². The van der Waals surface area contributed by atoms with Crippen molar-refractivity contribution >= 4 is 28.8 Å². The summed E-state index contributed by atoms with van der Waals surface area (Å²) in [6, 6.07) is 9.90. The molecule has 0 spiro atoms. The number of thiophene rings is 1. The number of nitrogens with zero attached hydrogens (tertiary/aromatic N) is 1. The smallest absolute Gasteiger partial charge is 0.237 e. The molecular formula is C18H19ClN2OS. The molecule has 1 atom stereocenters. The van der Waals surface area contributed by atoms with Crippen LogP contribution in [-0.4, -0.2) is 30.4 Å². The molecule has 2 aromatic rings. The average Bonchev–Trinajstić information content (AvgIpc) is 3.03. The first kappa shape index (κ1) is 16.2. The van der Waals surface area contributed by atoms with Crippen molar-refractivity contribution < 1.29 is 4.79 Å². The molecule has 1 aromatic carbocycles. The molecule has 1 aromatic heterocycles. The van der Waals surface area contributed by atoms with Gasteiger partial charge in [0.15, 0.2) is 0 Å². The molecule has 0 radical (unpaired) electrons. The quantitative estimate of drug-likeness (QED) is 0.662. The van der Waals surface area contributed by atoms with E-state index in [1.54, 1.807) is 17.4 Å². The molecule has 0 saturated carbocycles. The number of halogens is 1. The van der Waals surface area contributed by atoms with Crippen molar-refractivity contribution in [3.63, 3.8) is 0 Å². The van der Waals surface area contributed by atoms with Gasteiger partial charge in [0.2, 0.25) is 5.91 Å². The Morgan fingerprint density at radius 3 is 2.91 bits per heavy atom. The van der Waals surface area contributed by atoms with Crippen LogP contribution in [0.2, 0.25) is 5.02 Å². The molecule has 1 amide bonds. The van der Waals surface area contributed by atoms with Crippen molar-refractivity contribution in [1.82, 2.24) is 10.2 Å². The van der Waals surface area contributed by atoms with Crippen molar-refractivity contribution in [2.45, 2.75) is 12.5 Å². The Morgan fingerprint density at radius 1 is 1.39 bits per heavy atom. The third-order valence-electron chi connectivity index (χ3n) is 4.04. The fourth-order valence-electron chi connectivity index (χ4n) is 2.97. The predicted octanol–water partition coefficient (Wildman–Crippen LogP) is 3.65. The monoisotopic (exact) mass is 346 g/mol. The van der Waals surface area contributed by atoms with Crippen LogP contribution in [0.25, 0.3) is 0 Å². The maximum Gasteiger partial charge on any atom is 0.237 e. The van der Waals surface area contributed by atoms with E-state index in [0.717, 1.165) is 18.5 Å². The van der Waals surface area contributed by atoms with Gasteiger partial charge in [-0.2, -0.15) is 0 Å². The topological polar surface area (TPSA) is 32.3 Å². The number of carbonyl (C=O) groups is 1. The van der Waals surface area contributed by atoms with Crippen LogP contribution in [0, 0.1) is 0 Å². The Bertz CT molecular complexity index is 695. The van der Waals surface area contributed by atoms with E-state index in [9.17, 15) is 4.79 Å². The van der Waals surface area contributed by atoms with Crippen LogP contribution in [0.1, 0.15) is 22.0 Å². The van der Waals surface area contributed by atoms with Crippen LogP contribution < -0.4 is 5.32 Å². The second kappa shape index (κ2) is 7.30. The zero-order valence-corrected chi connectivity index (χ0v) is 14.4. The highest BCUT2D eigenvalue weighted by Gasteiger charge is 2.32. The fraction of sp³-hybridized carbons (Fsp3) is 0.278. The van der Waals surface area contributed by atoms with Gasteiger partial charge in [0.05, 0.1) is 12.6 Å². The Morgan fingerprint density at radius 2 is 2.17 bits per heavy atom. The fourth-order valence-corrected chi connectivity index (χ4v) is 4.00. The molecule has 120 valence electrons. The number of amides is 1. The Hall–Kier alpha value is -1.62.